The standard InChI is InChI=1S/C24H25N7O9S/c1-11(28-38)12-4-6-30(7-5-12)8-13-10-41-20-16(19(33)31(20)17(13)21(34)35)27-18(32)15(14-9-39-23(25)26-14)29-40-24(2,3)22(36)37/h4-7,9,11,16,20H,8,10H2,1-3H3,(H4-,25,26,27,32,34,35,36,37)/p+1/t11?,16?,20-/m0/s1. The average Bonchev–Trinajstić information content (AvgIpc) is 3.36. The van der Waals surface area contributed by atoms with E-state index in [0.29, 0.717) is 11.1 Å². The Kier molecular flexibility index (Phi) is 8.09. The number of aliphatic carboxylic acids is 2. The van der Waals surface area contributed by atoms with Crippen molar-refractivity contribution >= 4 is 47.2 Å². The molecule has 5 N–H and O–H groups in total. The van der Waals surface area contributed by atoms with Gasteiger partial charge in [-0.15, -0.1) is 11.8 Å². The maximum atomic E-state index is 13.2. The first-order valence-corrected chi connectivity index (χ1v) is 13.1. The van der Waals surface area contributed by atoms with E-state index in [0.717, 1.165) is 11.2 Å². The van der Waals surface area contributed by atoms with Crippen molar-refractivity contribution in [1.29, 1.82) is 0 Å². The first-order valence-electron chi connectivity index (χ1n) is 12.1. The van der Waals surface area contributed by atoms with Crippen LogP contribution in [0.3, 0.4) is 0 Å². The highest BCUT2D eigenvalue weighted by atomic mass is 32.2. The number of thioether (sulfide) groups is 1. The molecule has 2 aliphatic rings. The fraction of sp³-hybridized carbons (Fsp3) is 0.375. The van der Waals surface area contributed by atoms with Gasteiger partial charge in [0, 0.05) is 23.5 Å². The number of hydrogen-bond acceptors (Lipinski definition) is 12. The third-order valence-corrected chi connectivity index (χ3v) is 7.67. The monoisotopic (exact) mass is 588 g/mol. The smallest absolute Gasteiger partial charge is 0.352 e. The molecule has 1 saturated heterocycles. The second-order valence-corrected chi connectivity index (χ2v) is 10.7. The molecule has 0 saturated carbocycles. The Morgan fingerprint density at radius 1 is 1.34 bits per heavy atom. The predicted molar refractivity (Wildman–Crippen MR) is 141 cm³/mol. The molecule has 2 amide bonds. The number of hydrogen-bond donors (Lipinski definition) is 4. The van der Waals surface area contributed by atoms with Crippen LogP contribution >= 0.6 is 11.8 Å². The summed E-state index contributed by atoms with van der Waals surface area (Å²) in [5.41, 5.74) is 4.00. The first kappa shape index (κ1) is 29.2. The van der Waals surface area contributed by atoms with Gasteiger partial charge in [-0.05, 0) is 26.3 Å². The summed E-state index contributed by atoms with van der Waals surface area (Å²) in [5.74, 6) is -4.01. The number of carboxylic acids is 2. The minimum atomic E-state index is -1.80. The van der Waals surface area contributed by atoms with Crippen molar-refractivity contribution in [1.82, 2.24) is 15.2 Å². The summed E-state index contributed by atoms with van der Waals surface area (Å²) in [6.07, 6.45) is 4.38. The molecule has 0 bridgehead atoms. The molecule has 16 nitrogen and oxygen atoms in total. The van der Waals surface area contributed by atoms with Gasteiger partial charge in [0.2, 0.25) is 5.60 Å². The highest BCUT2D eigenvalue weighted by Gasteiger charge is 2.55. The molecule has 4 rings (SSSR count). The van der Waals surface area contributed by atoms with Gasteiger partial charge in [-0.3, -0.25) is 14.5 Å². The number of oxazole rings is 1. The van der Waals surface area contributed by atoms with E-state index in [9.17, 15) is 34.3 Å². The van der Waals surface area contributed by atoms with Gasteiger partial charge in [0.15, 0.2) is 24.7 Å². The van der Waals surface area contributed by atoms with Gasteiger partial charge in [-0.1, -0.05) is 10.3 Å². The number of nitrogens with one attached hydrogen (secondary N) is 1. The topological polar surface area (TPSA) is 231 Å². The van der Waals surface area contributed by atoms with Crippen molar-refractivity contribution in [2.75, 3.05) is 11.5 Å². The number of nitrogens with two attached hydrogens (primary N) is 1. The summed E-state index contributed by atoms with van der Waals surface area (Å²) < 4.78 is 6.63. The molecule has 0 spiro atoms. The van der Waals surface area contributed by atoms with Crippen LogP contribution in [0.4, 0.5) is 6.01 Å². The van der Waals surface area contributed by atoms with Crippen LogP contribution in [0.1, 0.15) is 38.1 Å². The number of carbonyl (C=O) groups is 4. The summed E-state index contributed by atoms with van der Waals surface area (Å²) in [7, 11) is 0. The Morgan fingerprint density at radius 3 is 2.59 bits per heavy atom. The van der Waals surface area contributed by atoms with Crippen LogP contribution < -0.4 is 15.6 Å². The third-order valence-electron chi connectivity index (χ3n) is 6.33. The fourth-order valence-electron chi connectivity index (χ4n) is 3.95. The van der Waals surface area contributed by atoms with Gasteiger partial charge in [-0.2, -0.15) is 9.89 Å². The van der Waals surface area contributed by atoms with Crippen molar-refractivity contribution in [2.24, 2.45) is 10.3 Å². The molecule has 3 atom stereocenters. The second-order valence-electron chi connectivity index (χ2n) is 9.62. The number of anilines is 1. The Bertz CT molecular complexity index is 1470. The summed E-state index contributed by atoms with van der Waals surface area (Å²) in [4.78, 5) is 70.6. The lowest BCUT2D eigenvalue weighted by Gasteiger charge is -2.49. The summed E-state index contributed by atoms with van der Waals surface area (Å²) in [5, 5.41) is 27.6. The normalized spacial score (nSPS) is 19.6. The molecule has 41 heavy (non-hydrogen) atoms. The molecule has 17 heteroatoms. The largest absolute Gasteiger partial charge is 0.478 e. The summed E-state index contributed by atoms with van der Waals surface area (Å²) in [6.45, 7) is 4.25. The maximum Gasteiger partial charge on any atom is 0.352 e. The van der Waals surface area contributed by atoms with E-state index in [2.05, 4.69) is 20.6 Å². The molecular weight excluding hydrogens is 562 g/mol. The molecule has 2 unspecified atom stereocenters. The Labute approximate surface area is 236 Å². The predicted octanol–water partition coefficient (Wildman–Crippen LogP) is 0.394. The third kappa shape index (κ3) is 5.88. The number of pyridine rings is 1. The molecular formula is C24H26N7O9S+. The van der Waals surface area contributed by atoms with Crippen LogP contribution in [0, 0.1) is 4.91 Å². The van der Waals surface area contributed by atoms with Crippen molar-refractivity contribution in [3.8, 4) is 0 Å². The number of nitrogens with zero attached hydrogens (tertiary/aromatic N) is 5. The molecule has 216 valence electrons. The Balaban J connectivity index is 1.53. The number of amides is 2. The lowest BCUT2D eigenvalue weighted by molar-refractivity contribution is -0.689. The zero-order chi connectivity index (χ0) is 30.1. The van der Waals surface area contributed by atoms with E-state index in [-0.39, 0.29) is 29.7 Å². The molecule has 2 aromatic heterocycles. The van der Waals surface area contributed by atoms with Crippen molar-refractivity contribution in [3.05, 3.63) is 58.2 Å². The summed E-state index contributed by atoms with van der Waals surface area (Å²) in [6, 6.07) is 1.47. The molecule has 0 aromatic carbocycles. The molecule has 0 aliphatic carbocycles. The first-order chi connectivity index (χ1) is 19.3. The van der Waals surface area contributed by atoms with Gasteiger partial charge >= 0.3 is 11.9 Å². The van der Waals surface area contributed by atoms with Crippen LogP contribution in [0.5, 0.6) is 0 Å². The molecule has 2 aliphatic heterocycles. The van der Waals surface area contributed by atoms with Crippen molar-refractivity contribution in [3.63, 3.8) is 0 Å². The van der Waals surface area contributed by atoms with E-state index in [1.807, 2.05) is 0 Å². The Morgan fingerprint density at radius 2 is 2.02 bits per heavy atom. The minimum Gasteiger partial charge on any atom is -0.478 e. The molecule has 1 fully saturated rings. The zero-order valence-corrected chi connectivity index (χ0v) is 22.8. The number of β-lactam (4-membered cyclic amide) rings is 1. The maximum absolute atomic E-state index is 13.2. The SMILES string of the molecule is CC(N=O)c1cc[n+](CC2=C(C(=O)O)N3C(=O)C(NC(=O)C(=NOC(C)(C)C(=O)O)c4coc(N)n4)[C@@H]3SC2)cc1. The van der Waals surface area contributed by atoms with Gasteiger partial charge < -0.3 is 30.5 Å². The lowest BCUT2D eigenvalue weighted by atomic mass is 10.0. The number of nitroso groups, excluding NO2 is 1. The van der Waals surface area contributed by atoms with Gasteiger partial charge in [0.1, 0.15) is 35.1 Å². The number of nitrogen functional groups attached to an aromatic ring is 1. The average molecular weight is 589 g/mol. The number of fused-ring (bicyclic) bond motifs is 1. The summed E-state index contributed by atoms with van der Waals surface area (Å²) >= 11 is 1.26. The van der Waals surface area contributed by atoms with Crippen LogP contribution in [0.15, 0.2) is 56.8 Å². The zero-order valence-electron chi connectivity index (χ0n) is 22.0. The van der Waals surface area contributed by atoms with Crippen molar-refractivity contribution < 1.29 is 43.2 Å². The van der Waals surface area contributed by atoms with Crippen LogP contribution in [-0.2, 0) is 30.6 Å². The van der Waals surface area contributed by atoms with E-state index >= 15 is 0 Å². The van der Waals surface area contributed by atoms with Gasteiger partial charge in [0.05, 0.1) is 0 Å². The highest BCUT2D eigenvalue weighted by molar-refractivity contribution is 8.00. The van der Waals surface area contributed by atoms with E-state index < -0.39 is 52.5 Å². The lowest BCUT2D eigenvalue weighted by Crippen LogP contribution is -2.71. The van der Waals surface area contributed by atoms with Crippen LogP contribution in [0.2, 0.25) is 0 Å². The number of rotatable bonds is 11. The van der Waals surface area contributed by atoms with Crippen LogP contribution in [-0.4, -0.2) is 72.3 Å². The molecule has 2 aromatic rings. The number of aromatic nitrogens is 2. The number of carbonyl (C=O) groups excluding carboxylic acids is 2. The highest BCUT2D eigenvalue weighted by Crippen LogP contribution is 2.40. The minimum absolute atomic E-state index is 0.170. The van der Waals surface area contributed by atoms with E-state index in [1.54, 1.807) is 36.0 Å². The second kappa shape index (κ2) is 11.4. The Hall–Kier alpha value is -4.80. The molecule has 0 radical (unpaired) electrons. The van der Waals surface area contributed by atoms with E-state index in [1.165, 1.54) is 25.6 Å². The van der Waals surface area contributed by atoms with Gasteiger partial charge in [-0.25, -0.2) is 14.2 Å². The van der Waals surface area contributed by atoms with E-state index in [4.69, 9.17) is 15.0 Å². The van der Waals surface area contributed by atoms with Crippen LogP contribution in [0.25, 0.3) is 0 Å². The van der Waals surface area contributed by atoms with Crippen molar-refractivity contribution in [2.45, 2.75) is 50.4 Å². The molecule has 4 heterocycles. The van der Waals surface area contributed by atoms with Gasteiger partial charge in [0.25, 0.3) is 17.8 Å². The fourth-order valence-corrected chi connectivity index (χ4v) is 5.28. The quantitative estimate of drug-likeness (QED) is 0.0918. The number of carboxylic acid groups (broad SMARTS) is 2. The number of oxime groups is 1.